The lowest BCUT2D eigenvalue weighted by molar-refractivity contribution is 0.0697. The number of thiocarbonyl (C=S) groups is 1. The molecule has 2 N–H and O–H groups in total. The summed E-state index contributed by atoms with van der Waals surface area (Å²) in [5.74, 6) is 0.616. The average molecular weight is 448 g/mol. The van der Waals surface area contributed by atoms with Gasteiger partial charge in [-0.1, -0.05) is 25.0 Å². The number of nitrogens with one attached hydrogen (secondary N) is 1. The Morgan fingerprint density at radius 1 is 1.19 bits per heavy atom. The lowest BCUT2D eigenvalue weighted by Crippen LogP contribution is -2.37. The summed E-state index contributed by atoms with van der Waals surface area (Å²) in [6, 6.07) is 15.2. The van der Waals surface area contributed by atoms with E-state index in [0.29, 0.717) is 6.04 Å². The van der Waals surface area contributed by atoms with E-state index < -0.39 is 5.97 Å². The number of aromatic nitrogens is 1. The number of aryl methyl sites for hydroxylation is 1. The molecule has 32 heavy (non-hydrogen) atoms. The Bertz CT molecular complexity index is 1150. The monoisotopic (exact) mass is 447 g/mol. The van der Waals surface area contributed by atoms with Crippen LogP contribution in [-0.2, 0) is 0 Å². The number of furan rings is 1. The van der Waals surface area contributed by atoms with Crippen LogP contribution in [0.1, 0.15) is 65.1 Å². The van der Waals surface area contributed by atoms with Gasteiger partial charge in [0.15, 0.2) is 5.11 Å². The highest BCUT2D eigenvalue weighted by molar-refractivity contribution is 7.80. The zero-order valence-electron chi connectivity index (χ0n) is 17.8. The molecule has 0 bridgehead atoms. The lowest BCUT2D eigenvalue weighted by Gasteiger charge is -2.31. The van der Waals surface area contributed by atoms with Gasteiger partial charge in [0.2, 0.25) is 0 Å². The SMILES string of the molecule is Cc1cc(C(=O)O)ccc1-c1ccc([C@H]2[C@H](c3ccccn3)NC(=S)N2C2CCCC2)o1. The van der Waals surface area contributed by atoms with Crippen molar-refractivity contribution in [3.63, 3.8) is 0 Å². The molecule has 3 heterocycles. The van der Waals surface area contributed by atoms with Crippen molar-refractivity contribution in [1.82, 2.24) is 15.2 Å². The highest BCUT2D eigenvalue weighted by Gasteiger charge is 2.45. The molecule has 1 aliphatic carbocycles. The van der Waals surface area contributed by atoms with Gasteiger partial charge < -0.3 is 19.7 Å². The second-order valence-corrected chi connectivity index (χ2v) is 8.90. The fourth-order valence-corrected chi connectivity index (χ4v) is 5.37. The van der Waals surface area contributed by atoms with Crippen molar-refractivity contribution in [2.24, 2.45) is 0 Å². The molecular formula is C25H25N3O3S. The predicted molar refractivity (Wildman–Crippen MR) is 125 cm³/mol. The molecule has 0 radical (unpaired) electrons. The number of carbonyl (C=O) groups is 1. The molecule has 2 aliphatic rings. The Balaban J connectivity index is 1.54. The molecule has 0 amide bonds. The summed E-state index contributed by atoms with van der Waals surface area (Å²) in [5, 5.41) is 13.5. The van der Waals surface area contributed by atoms with Gasteiger partial charge in [0.05, 0.1) is 17.3 Å². The van der Waals surface area contributed by atoms with Crippen molar-refractivity contribution < 1.29 is 14.3 Å². The minimum Gasteiger partial charge on any atom is -0.478 e. The number of hydrogen-bond acceptors (Lipinski definition) is 4. The van der Waals surface area contributed by atoms with Gasteiger partial charge in [0.1, 0.15) is 17.6 Å². The van der Waals surface area contributed by atoms with Crippen LogP contribution in [0.15, 0.2) is 59.1 Å². The van der Waals surface area contributed by atoms with Gasteiger partial charge in [-0.2, -0.15) is 0 Å². The first kappa shape index (κ1) is 20.7. The van der Waals surface area contributed by atoms with Crippen molar-refractivity contribution in [2.75, 3.05) is 0 Å². The average Bonchev–Trinajstić information content (AvgIpc) is 3.53. The molecule has 1 aliphatic heterocycles. The summed E-state index contributed by atoms with van der Waals surface area (Å²) in [4.78, 5) is 18.2. The maximum absolute atomic E-state index is 11.3. The van der Waals surface area contributed by atoms with Crippen LogP contribution >= 0.6 is 12.2 Å². The Labute approximate surface area is 192 Å². The first-order valence-corrected chi connectivity index (χ1v) is 11.4. The maximum Gasteiger partial charge on any atom is 0.335 e. The predicted octanol–water partition coefficient (Wildman–Crippen LogP) is 5.26. The smallest absolute Gasteiger partial charge is 0.335 e. The third-order valence-corrected chi connectivity index (χ3v) is 6.84. The van der Waals surface area contributed by atoms with Crippen molar-refractivity contribution in [3.05, 3.63) is 77.3 Å². The Morgan fingerprint density at radius 3 is 2.69 bits per heavy atom. The number of rotatable bonds is 5. The van der Waals surface area contributed by atoms with E-state index in [1.54, 1.807) is 18.3 Å². The van der Waals surface area contributed by atoms with Crippen LogP contribution in [0.2, 0.25) is 0 Å². The molecule has 164 valence electrons. The highest BCUT2D eigenvalue weighted by atomic mass is 32.1. The molecule has 1 saturated heterocycles. The van der Waals surface area contributed by atoms with Gasteiger partial charge in [-0.05, 0) is 73.9 Å². The van der Waals surface area contributed by atoms with Crippen molar-refractivity contribution >= 4 is 23.3 Å². The number of pyridine rings is 1. The van der Waals surface area contributed by atoms with E-state index in [4.69, 9.17) is 16.6 Å². The summed E-state index contributed by atoms with van der Waals surface area (Å²) in [7, 11) is 0. The Kier molecular flexibility index (Phi) is 5.43. The van der Waals surface area contributed by atoms with Crippen LogP contribution in [0.5, 0.6) is 0 Å². The fourth-order valence-electron chi connectivity index (χ4n) is 4.98. The van der Waals surface area contributed by atoms with E-state index in [0.717, 1.165) is 46.3 Å². The topological polar surface area (TPSA) is 78.6 Å². The molecule has 0 unspecified atom stereocenters. The third kappa shape index (κ3) is 3.66. The van der Waals surface area contributed by atoms with Crippen LogP contribution < -0.4 is 5.32 Å². The molecule has 2 atom stereocenters. The quantitative estimate of drug-likeness (QED) is 0.516. The van der Waals surface area contributed by atoms with Crippen LogP contribution in [-0.4, -0.2) is 32.1 Å². The number of aromatic carboxylic acids is 1. The van der Waals surface area contributed by atoms with Crippen LogP contribution in [0.4, 0.5) is 0 Å². The molecule has 1 aromatic carbocycles. The number of carboxylic acids is 1. The summed E-state index contributed by atoms with van der Waals surface area (Å²) in [6.07, 6.45) is 6.47. The largest absolute Gasteiger partial charge is 0.478 e. The minimum atomic E-state index is -0.935. The number of hydrogen-bond donors (Lipinski definition) is 2. The van der Waals surface area contributed by atoms with E-state index >= 15 is 0 Å². The van der Waals surface area contributed by atoms with Gasteiger partial charge in [0, 0.05) is 17.8 Å². The second-order valence-electron chi connectivity index (χ2n) is 8.51. The third-order valence-electron chi connectivity index (χ3n) is 6.51. The molecule has 3 aromatic rings. The lowest BCUT2D eigenvalue weighted by atomic mass is 10.0. The molecule has 0 spiro atoms. The summed E-state index contributed by atoms with van der Waals surface area (Å²) >= 11 is 5.78. The van der Waals surface area contributed by atoms with E-state index in [9.17, 15) is 9.90 Å². The maximum atomic E-state index is 11.3. The molecule has 2 fully saturated rings. The summed E-state index contributed by atoms with van der Waals surface area (Å²) < 4.78 is 6.41. The standard InChI is InChI=1S/C25H25N3O3S/c1-15-14-16(24(29)30)9-10-18(15)20-11-12-21(31-20)23-22(19-8-4-5-13-26-19)27-25(32)28(23)17-6-2-3-7-17/h4-5,8-14,17,22-23H,2-3,6-7H2,1H3,(H,27,32)(H,29,30)/t22-,23-/m0/s1. The van der Waals surface area contributed by atoms with Crippen molar-refractivity contribution in [2.45, 2.75) is 50.7 Å². The molecule has 7 heteroatoms. The van der Waals surface area contributed by atoms with Crippen LogP contribution in [0.3, 0.4) is 0 Å². The zero-order chi connectivity index (χ0) is 22.2. The zero-order valence-corrected chi connectivity index (χ0v) is 18.6. The molecule has 5 rings (SSSR count). The van der Waals surface area contributed by atoms with Crippen LogP contribution in [0.25, 0.3) is 11.3 Å². The number of benzene rings is 1. The normalized spacial score (nSPS) is 21.2. The fraction of sp³-hybridized carbons (Fsp3) is 0.320. The molecule has 2 aromatic heterocycles. The van der Waals surface area contributed by atoms with Crippen LogP contribution in [0, 0.1) is 6.92 Å². The number of carboxylic acid groups (broad SMARTS) is 1. The first-order chi connectivity index (χ1) is 15.5. The summed E-state index contributed by atoms with van der Waals surface area (Å²) in [5.41, 5.74) is 2.95. The Morgan fingerprint density at radius 2 is 2.00 bits per heavy atom. The number of nitrogens with zero attached hydrogens (tertiary/aromatic N) is 2. The molecular weight excluding hydrogens is 422 g/mol. The van der Waals surface area contributed by atoms with Gasteiger partial charge >= 0.3 is 5.97 Å². The van der Waals surface area contributed by atoms with Gasteiger partial charge in [-0.3, -0.25) is 4.98 Å². The van der Waals surface area contributed by atoms with E-state index in [1.165, 1.54) is 12.8 Å². The van der Waals surface area contributed by atoms with Gasteiger partial charge in [-0.25, -0.2) is 4.79 Å². The van der Waals surface area contributed by atoms with Gasteiger partial charge in [0.25, 0.3) is 0 Å². The minimum absolute atomic E-state index is 0.0900. The summed E-state index contributed by atoms with van der Waals surface area (Å²) in [6.45, 7) is 1.90. The van der Waals surface area contributed by atoms with Gasteiger partial charge in [-0.15, -0.1) is 0 Å². The Hall–Kier alpha value is -3.19. The highest BCUT2D eigenvalue weighted by Crippen LogP contribution is 2.44. The second kappa shape index (κ2) is 8.39. The first-order valence-electron chi connectivity index (χ1n) is 11.0. The van der Waals surface area contributed by atoms with E-state index in [-0.39, 0.29) is 17.6 Å². The van der Waals surface area contributed by atoms with Crippen molar-refractivity contribution in [3.8, 4) is 11.3 Å². The molecule has 6 nitrogen and oxygen atoms in total. The molecule has 1 saturated carbocycles. The van der Waals surface area contributed by atoms with E-state index in [1.807, 2.05) is 43.3 Å². The van der Waals surface area contributed by atoms with Crippen molar-refractivity contribution in [1.29, 1.82) is 0 Å². The van der Waals surface area contributed by atoms with E-state index in [2.05, 4.69) is 15.2 Å².